The summed E-state index contributed by atoms with van der Waals surface area (Å²) in [7, 11) is 0. The van der Waals surface area contributed by atoms with Crippen molar-refractivity contribution in [1.29, 1.82) is 0 Å². The molecule has 232 valence electrons. The van der Waals surface area contributed by atoms with Crippen LogP contribution < -0.4 is 22.9 Å². The Bertz CT molecular complexity index is 1700. The van der Waals surface area contributed by atoms with Gasteiger partial charge in [0.25, 0.3) is 0 Å². The number of H-pyrrole nitrogens is 1. The van der Waals surface area contributed by atoms with E-state index in [1.165, 1.54) is 24.2 Å². The van der Waals surface area contributed by atoms with Gasteiger partial charge < -0.3 is 27.9 Å². The van der Waals surface area contributed by atoms with Crippen molar-refractivity contribution >= 4 is 162 Å². The molecule has 0 atom stereocenters. The van der Waals surface area contributed by atoms with E-state index < -0.39 is 0 Å². The number of anilines is 4. The molecule has 0 fully saturated rings. The number of rotatable bonds is 2. The van der Waals surface area contributed by atoms with Crippen molar-refractivity contribution in [1.82, 2.24) is 34.9 Å². The molecule has 0 saturated heterocycles. The maximum Gasteiger partial charge on any atom is 0.160 e. The summed E-state index contributed by atoms with van der Waals surface area (Å²) >= 11 is 44.2. The Morgan fingerprint density at radius 3 is 1.70 bits per heavy atom. The molecule has 44 heavy (non-hydrogen) atoms. The van der Waals surface area contributed by atoms with Crippen molar-refractivity contribution in [3.05, 3.63) is 91.5 Å². The Kier molecular flexibility index (Phi) is 17.0. The van der Waals surface area contributed by atoms with Crippen LogP contribution in [0.5, 0.6) is 0 Å². The van der Waals surface area contributed by atoms with Gasteiger partial charge >= 0.3 is 0 Å². The summed E-state index contributed by atoms with van der Waals surface area (Å²) in [6.07, 6.45) is 7.71. The van der Waals surface area contributed by atoms with Crippen molar-refractivity contribution in [3.8, 4) is 0 Å². The molecule has 0 unspecified atom stereocenters. The molecule has 11 nitrogen and oxygen atoms in total. The lowest BCUT2D eigenvalue weighted by Crippen LogP contribution is -1.97. The van der Waals surface area contributed by atoms with Crippen LogP contribution in [-0.4, -0.2) is 34.9 Å². The van der Waals surface area contributed by atoms with Crippen LogP contribution >= 0.6 is 139 Å². The lowest BCUT2D eigenvalue weighted by molar-refractivity contribution is 1.07. The van der Waals surface area contributed by atoms with Crippen molar-refractivity contribution in [2.45, 2.75) is 9.92 Å². The monoisotopic (exact) mass is 975 g/mol. The highest BCUT2D eigenvalue weighted by Crippen LogP contribution is 2.36. The zero-order valence-electron chi connectivity index (χ0n) is 21.5. The van der Waals surface area contributed by atoms with Crippen LogP contribution in [0.15, 0.2) is 59.1 Å². The second-order valence-electron chi connectivity index (χ2n) is 7.32. The Balaban J connectivity index is 0.000000216. The first-order valence-electron chi connectivity index (χ1n) is 11.1. The quantitative estimate of drug-likeness (QED) is 0.0642. The van der Waals surface area contributed by atoms with E-state index in [4.69, 9.17) is 105 Å². The van der Waals surface area contributed by atoms with Gasteiger partial charge in [-0.3, -0.25) is 0 Å². The van der Waals surface area contributed by atoms with Crippen LogP contribution in [0.3, 0.4) is 0 Å². The van der Waals surface area contributed by atoms with Gasteiger partial charge in [0.05, 0.1) is 21.3 Å². The normalized spacial score (nSPS) is 9.91. The van der Waals surface area contributed by atoms with Crippen LogP contribution in [-0.2, 0) is 0 Å². The molecule has 5 heterocycles. The van der Waals surface area contributed by atoms with Crippen LogP contribution in [0.1, 0.15) is 0 Å². The summed E-state index contributed by atoms with van der Waals surface area (Å²) in [6.45, 7) is 0. The van der Waals surface area contributed by atoms with Crippen LogP contribution in [0, 0.1) is 11.8 Å². The Morgan fingerprint density at radius 2 is 1.20 bits per heavy atom. The number of halogens is 8. The molecule has 0 amide bonds. The van der Waals surface area contributed by atoms with Crippen molar-refractivity contribution in [2.75, 3.05) is 22.9 Å². The number of nitrogens with two attached hydrogens (primary N) is 4. The third-order valence-electron chi connectivity index (χ3n) is 4.27. The molecular formula is C23H17Cl6I2N11S2. The smallest absolute Gasteiger partial charge is 0.160 e. The summed E-state index contributed by atoms with van der Waals surface area (Å²) < 4.78 is 2.27. The number of nitrogen functional groups attached to an aromatic ring is 4. The van der Waals surface area contributed by atoms with Gasteiger partial charge in [0.2, 0.25) is 0 Å². The molecular weight excluding hydrogens is 961 g/mol. The second kappa shape index (κ2) is 19.3. The zero-order chi connectivity index (χ0) is 33.0. The molecule has 0 spiro atoms. The molecule has 0 aliphatic carbocycles. The first kappa shape index (κ1) is 38.8. The van der Waals surface area contributed by atoms with Gasteiger partial charge in [-0.1, -0.05) is 93.6 Å². The number of aromatic nitrogens is 7. The van der Waals surface area contributed by atoms with Gasteiger partial charge in [0, 0.05) is 36.8 Å². The third-order valence-corrected chi connectivity index (χ3v) is 10.2. The fraction of sp³-hybridized carbons (Fsp3) is 0. The molecule has 0 bridgehead atoms. The minimum atomic E-state index is 0.243. The van der Waals surface area contributed by atoms with Crippen LogP contribution in [0.2, 0.25) is 30.5 Å². The average molecular weight is 978 g/mol. The van der Waals surface area contributed by atoms with Crippen molar-refractivity contribution < 1.29 is 0 Å². The lowest BCUT2D eigenvalue weighted by atomic mass is 10.5. The lowest BCUT2D eigenvalue weighted by Gasteiger charge is -2.06. The largest absolute Gasteiger partial charge is 0.382 e. The van der Waals surface area contributed by atoms with Crippen LogP contribution in [0.4, 0.5) is 23.3 Å². The predicted molar refractivity (Wildman–Crippen MR) is 201 cm³/mol. The standard InChI is InChI=1S/C9H7Cl2N5S.C5H2Cl2IN.C5H4ClIN2.C4H4ClN3S/c10-5-3-15-9(8(13)16-5)17-4-1-2-14-7(12)6(4)11;6-4-3(8)1-2-9-5(4)7;6-4-3(7)1-2-9-5(4)8;5-2-1-7-4(9)3(6)8-2/h1-3H,(H2,12,14)(H2,13,16);1-2H;1-2H,(H2,8,9);1H,(H2,6,8)(H,7,9). The van der Waals surface area contributed by atoms with E-state index >= 15 is 0 Å². The molecule has 0 saturated carbocycles. The fourth-order valence-corrected chi connectivity index (χ4v) is 5.10. The molecule has 9 N–H and O–H groups in total. The molecule has 5 aromatic heterocycles. The first-order valence-corrected chi connectivity index (χ1v) is 16.7. The molecule has 0 aliphatic heterocycles. The highest BCUT2D eigenvalue weighted by molar-refractivity contribution is 14.1. The molecule has 21 heteroatoms. The molecule has 5 rings (SSSR count). The number of hydrogen-bond donors (Lipinski definition) is 5. The second-order valence-corrected chi connectivity index (χ2v) is 13.4. The highest BCUT2D eigenvalue weighted by Gasteiger charge is 2.11. The van der Waals surface area contributed by atoms with E-state index in [0.29, 0.717) is 45.8 Å². The predicted octanol–water partition coefficient (Wildman–Crippen LogP) is 8.78. The summed E-state index contributed by atoms with van der Waals surface area (Å²) in [5, 5.41) is 2.88. The van der Waals surface area contributed by atoms with Crippen molar-refractivity contribution in [3.63, 3.8) is 0 Å². The van der Waals surface area contributed by atoms with Gasteiger partial charge in [-0.05, 0) is 63.4 Å². The summed E-state index contributed by atoms with van der Waals surface area (Å²) in [4.78, 5) is 26.4. The Morgan fingerprint density at radius 1 is 0.659 bits per heavy atom. The third kappa shape index (κ3) is 12.8. The fourth-order valence-electron chi connectivity index (χ4n) is 2.30. The van der Waals surface area contributed by atoms with E-state index in [2.05, 4.69) is 80.1 Å². The minimum Gasteiger partial charge on any atom is -0.382 e. The number of pyridine rings is 3. The minimum absolute atomic E-state index is 0.243. The number of nitrogens with zero attached hydrogens (tertiary/aromatic N) is 6. The number of hydrogen-bond acceptors (Lipinski definition) is 12. The van der Waals surface area contributed by atoms with E-state index in [1.807, 2.05) is 0 Å². The zero-order valence-corrected chi connectivity index (χ0v) is 31.9. The average Bonchev–Trinajstić information content (AvgIpc) is 2.97. The van der Waals surface area contributed by atoms with E-state index in [-0.39, 0.29) is 22.6 Å². The van der Waals surface area contributed by atoms with Gasteiger partial charge in [0.1, 0.15) is 36.8 Å². The number of aromatic amines is 1. The van der Waals surface area contributed by atoms with Crippen LogP contribution in [0.25, 0.3) is 0 Å². The van der Waals surface area contributed by atoms with Gasteiger partial charge in [-0.2, -0.15) is 0 Å². The SMILES string of the molecule is Clc1nccc(I)c1Cl.Nc1nc(Cl)c[nH]c1=S.Nc1nc(Cl)cnc1Sc1ccnc(N)c1Cl.Nc1nccc(I)c1Cl. The van der Waals surface area contributed by atoms with Gasteiger partial charge in [-0.15, -0.1) is 0 Å². The van der Waals surface area contributed by atoms with Gasteiger partial charge in [0.15, 0.2) is 11.6 Å². The van der Waals surface area contributed by atoms with E-state index in [0.717, 1.165) is 7.14 Å². The summed E-state index contributed by atoms with van der Waals surface area (Å²) in [5.41, 5.74) is 21.9. The van der Waals surface area contributed by atoms with Crippen molar-refractivity contribution in [2.24, 2.45) is 0 Å². The summed E-state index contributed by atoms with van der Waals surface area (Å²) in [5.74, 6) is 1.16. The molecule has 0 aliphatic rings. The molecule has 5 aromatic rings. The molecule has 0 radical (unpaired) electrons. The van der Waals surface area contributed by atoms with E-state index in [1.54, 1.807) is 36.8 Å². The maximum atomic E-state index is 6.00. The van der Waals surface area contributed by atoms with E-state index in [9.17, 15) is 0 Å². The van der Waals surface area contributed by atoms with Gasteiger partial charge in [-0.25, -0.2) is 29.9 Å². The highest BCUT2D eigenvalue weighted by atomic mass is 127. The Labute approximate surface area is 317 Å². The molecule has 0 aromatic carbocycles. The summed E-state index contributed by atoms with van der Waals surface area (Å²) in [6, 6.07) is 5.33. The topological polar surface area (TPSA) is 197 Å². The first-order chi connectivity index (χ1) is 20.7. The maximum absolute atomic E-state index is 6.00. The Hall–Kier alpha value is -1.42. The number of nitrogens with one attached hydrogen (secondary N) is 1.